The quantitative estimate of drug-likeness (QED) is 0.468. The van der Waals surface area contributed by atoms with Crippen molar-refractivity contribution < 1.29 is 9.53 Å². The number of aryl methyl sites for hydroxylation is 2. The average Bonchev–Trinajstić information content (AvgIpc) is 3.10. The van der Waals surface area contributed by atoms with Gasteiger partial charge in [0, 0.05) is 12.2 Å². The molecule has 1 amide bonds. The van der Waals surface area contributed by atoms with E-state index in [4.69, 9.17) is 16.3 Å². The van der Waals surface area contributed by atoms with Gasteiger partial charge in [0.05, 0.1) is 10.8 Å². The number of nitrogens with zero attached hydrogens (tertiary/aromatic N) is 3. The number of hydrogen-bond donors (Lipinski definition) is 1. The molecule has 1 aromatic heterocycles. The Bertz CT molecular complexity index is 1020. The fourth-order valence-electron chi connectivity index (χ4n) is 3.16. The lowest BCUT2D eigenvalue weighted by atomic mass is 10.1. The van der Waals surface area contributed by atoms with Crippen LogP contribution in [0.1, 0.15) is 36.9 Å². The molecule has 0 bridgehead atoms. The fraction of sp³-hybridized carbons (Fsp3) is 0.318. The van der Waals surface area contributed by atoms with E-state index in [9.17, 15) is 4.79 Å². The lowest BCUT2D eigenvalue weighted by molar-refractivity contribution is -0.113. The smallest absolute Gasteiger partial charge is 0.234 e. The van der Waals surface area contributed by atoms with Crippen LogP contribution in [0, 0.1) is 13.8 Å². The summed E-state index contributed by atoms with van der Waals surface area (Å²) in [5, 5.41) is 12.7. The Kier molecular flexibility index (Phi) is 7.39. The van der Waals surface area contributed by atoms with Crippen molar-refractivity contribution in [2.24, 2.45) is 0 Å². The standard InChI is InChI=1S/C22H25ClN4O2S/c1-5-27-21(16(4)29-19-9-7-6-8-18(19)23)25-26-22(27)30-13-20(28)24-17-11-14(2)10-15(3)12-17/h6-12,16H,5,13H2,1-4H3,(H,24,28). The molecule has 2 aromatic carbocycles. The number of hydrogen-bond acceptors (Lipinski definition) is 5. The van der Waals surface area contributed by atoms with Crippen LogP contribution in [0.25, 0.3) is 0 Å². The summed E-state index contributed by atoms with van der Waals surface area (Å²) >= 11 is 7.54. The van der Waals surface area contributed by atoms with Gasteiger partial charge in [-0.1, -0.05) is 41.6 Å². The van der Waals surface area contributed by atoms with Gasteiger partial charge in [0.15, 0.2) is 17.1 Å². The molecule has 0 aliphatic heterocycles. The summed E-state index contributed by atoms with van der Waals surface area (Å²) < 4.78 is 7.92. The van der Waals surface area contributed by atoms with Gasteiger partial charge in [-0.25, -0.2) is 0 Å². The Morgan fingerprint density at radius 3 is 2.57 bits per heavy atom. The summed E-state index contributed by atoms with van der Waals surface area (Å²) in [7, 11) is 0. The highest BCUT2D eigenvalue weighted by Gasteiger charge is 2.20. The Hall–Kier alpha value is -2.51. The lowest BCUT2D eigenvalue weighted by Gasteiger charge is -2.16. The number of thioether (sulfide) groups is 1. The Balaban J connectivity index is 1.65. The van der Waals surface area contributed by atoms with Crippen molar-refractivity contribution in [1.29, 1.82) is 0 Å². The predicted molar refractivity (Wildman–Crippen MR) is 121 cm³/mol. The van der Waals surface area contributed by atoms with Crippen molar-refractivity contribution in [2.45, 2.75) is 45.5 Å². The van der Waals surface area contributed by atoms with Gasteiger partial charge in [0.1, 0.15) is 5.75 Å². The zero-order chi connectivity index (χ0) is 21.7. The van der Waals surface area contributed by atoms with Crippen molar-refractivity contribution >= 4 is 35.0 Å². The Morgan fingerprint density at radius 2 is 1.90 bits per heavy atom. The van der Waals surface area contributed by atoms with Crippen LogP contribution in [0.4, 0.5) is 5.69 Å². The number of halogens is 1. The molecule has 0 saturated heterocycles. The van der Waals surface area contributed by atoms with E-state index in [1.54, 1.807) is 6.07 Å². The Morgan fingerprint density at radius 1 is 1.20 bits per heavy atom. The molecule has 0 radical (unpaired) electrons. The van der Waals surface area contributed by atoms with E-state index in [1.807, 2.05) is 62.6 Å². The second kappa shape index (κ2) is 10.00. The van der Waals surface area contributed by atoms with Crippen LogP contribution in [0.15, 0.2) is 47.6 Å². The van der Waals surface area contributed by atoms with E-state index >= 15 is 0 Å². The van der Waals surface area contributed by atoms with Crippen molar-refractivity contribution in [1.82, 2.24) is 14.8 Å². The summed E-state index contributed by atoms with van der Waals surface area (Å²) in [5.41, 5.74) is 3.03. The molecule has 1 heterocycles. The number of anilines is 1. The first kappa shape index (κ1) is 22.2. The molecular weight excluding hydrogens is 420 g/mol. The first-order valence-electron chi connectivity index (χ1n) is 9.72. The van der Waals surface area contributed by atoms with Crippen LogP contribution in [0.5, 0.6) is 5.75 Å². The zero-order valence-corrected chi connectivity index (χ0v) is 19.0. The van der Waals surface area contributed by atoms with Crippen LogP contribution in [0.2, 0.25) is 5.02 Å². The first-order valence-corrected chi connectivity index (χ1v) is 11.1. The normalized spacial score (nSPS) is 11.9. The number of para-hydroxylation sites is 1. The number of benzene rings is 2. The van der Waals surface area contributed by atoms with Gasteiger partial charge in [-0.3, -0.25) is 4.79 Å². The lowest BCUT2D eigenvalue weighted by Crippen LogP contribution is -2.15. The maximum atomic E-state index is 12.4. The summed E-state index contributed by atoms with van der Waals surface area (Å²) in [6, 6.07) is 13.3. The second-order valence-corrected chi connectivity index (χ2v) is 8.34. The van der Waals surface area contributed by atoms with Gasteiger partial charge >= 0.3 is 0 Å². The zero-order valence-electron chi connectivity index (χ0n) is 17.5. The largest absolute Gasteiger partial charge is 0.481 e. The van der Waals surface area contributed by atoms with Gasteiger partial charge in [-0.05, 0) is 63.1 Å². The van der Waals surface area contributed by atoms with Crippen LogP contribution < -0.4 is 10.1 Å². The molecule has 1 atom stereocenters. The van der Waals surface area contributed by atoms with E-state index in [1.165, 1.54) is 11.8 Å². The molecule has 8 heteroatoms. The van der Waals surface area contributed by atoms with E-state index in [0.717, 1.165) is 16.8 Å². The highest BCUT2D eigenvalue weighted by Crippen LogP contribution is 2.29. The number of carbonyl (C=O) groups is 1. The van der Waals surface area contributed by atoms with Gasteiger partial charge in [-0.2, -0.15) is 0 Å². The molecule has 0 aliphatic carbocycles. The monoisotopic (exact) mass is 444 g/mol. The maximum Gasteiger partial charge on any atom is 0.234 e. The molecule has 0 spiro atoms. The summed E-state index contributed by atoms with van der Waals surface area (Å²) in [6.45, 7) is 8.60. The van der Waals surface area contributed by atoms with Crippen molar-refractivity contribution in [2.75, 3.05) is 11.1 Å². The van der Waals surface area contributed by atoms with E-state index < -0.39 is 0 Å². The van der Waals surface area contributed by atoms with Gasteiger partial charge in [-0.15, -0.1) is 10.2 Å². The topological polar surface area (TPSA) is 69.0 Å². The molecule has 1 unspecified atom stereocenters. The molecule has 6 nitrogen and oxygen atoms in total. The second-order valence-electron chi connectivity index (χ2n) is 6.99. The van der Waals surface area contributed by atoms with Gasteiger partial charge < -0.3 is 14.6 Å². The predicted octanol–water partition coefficient (Wildman–Crippen LogP) is 5.44. The maximum absolute atomic E-state index is 12.4. The fourth-order valence-corrected chi connectivity index (χ4v) is 4.15. The number of nitrogens with one attached hydrogen (secondary N) is 1. The molecule has 3 rings (SSSR count). The van der Waals surface area contributed by atoms with Gasteiger partial charge in [0.2, 0.25) is 5.91 Å². The molecule has 0 aliphatic rings. The third-order valence-electron chi connectivity index (χ3n) is 4.40. The third kappa shape index (κ3) is 5.55. The van der Waals surface area contributed by atoms with Gasteiger partial charge in [0.25, 0.3) is 0 Å². The summed E-state index contributed by atoms with van der Waals surface area (Å²) in [4.78, 5) is 12.4. The SMILES string of the molecule is CCn1c(SCC(=O)Nc2cc(C)cc(C)c2)nnc1C(C)Oc1ccccc1Cl. The highest BCUT2D eigenvalue weighted by molar-refractivity contribution is 7.99. The highest BCUT2D eigenvalue weighted by atomic mass is 35.5. The summed E-state index contributed by atoms with van der Waals surface area (Å²) in [6.07, 6.45) is -0.337. The number of amides is 1. The number of ether oxygens (including phenoxy) is 1. The number of rotatable bonds is 8. The number of carbonyl (C=O) groups excluding carboxylic acids is 1. The van der Waals surface area contributed by atoms with E-state index in [2.05, 4.69) is 21.6 Å². The van der Waals surface area contributed by atoms with Crippen molar-refractivity contribution in [3.63, 3.8) is 0 Å². The minimum absolute atomic E-state index is 0.0856. The average molecular weight is 445 g/mol. The molecule has 0 fully saturated rings. The van der Waals surface area contributed by atoms with Crippen molar-refractivity contribution in [3.8, 4) is 5.75 Å². The minimum atomic E-state index is -0.337. The number of aromatic nitrogens is 3. The van der Waals surface area contributed by atoms with E-state index in [-0.39, 0.29) is 17.8 Å². The van der Waals surface area contributed by atoms with E-state index in [0.29, 0.717) is 28.3 Å². The first-order chi connectivity index (χ1) is 14.4. The van der Waals surface area contributed by atoms with Crippen LogP contribution in [-0.2, 0) is 11.3 Å². The minimum Gasteiger partial charge on any atom is -0.481 e. The van der Waals surface area contributed by atoms with Crippen LogP contribution in [0.3, 0.4) is 0 Å². The molecule has 3 aromatic rings. The molecule has 158 valence electrons. The molecular formula is C22H25ClN4O2S. The molecule has 30 heavy (non-hydrogen) atoms. The summed E-state index contributed by atoms with van der Waals surface area (Å²) in [5.74, 6) is 1.44. The Labute approximate surface area is 186 Å². The van der Waals surface area contributed by atoms with Crippen LogP contribution >= 0.6 is 23.4 Å². The molecule has 1 N–H and O–H groups in total. The van der Waals surface area contributed by atoms with Crippen LogP contribution in [-0.4, -0.2) is 26.4 Å². The van der Waals surface area contributed by atoms with Crippen molar-refractivity contribution in [3.05, 3.63) is 64.4 Å². The molecule has 0 saturated carbocycles. The third-order valence-corrected chi connectivity index (χ3v) is 5.68.